The van der Waals surface area contributed by atoms with Crippen LogP contribution < -0.4 is 5.73 Å². The average molecular weight is 345 g/mol. The summed E-state index contributed by atoms with van der Waals surface area (Å²) in [6, 6.07) is 3.71. The molecule has 0 radical (unpaired) electrons. The van der Waals surface area contributed by atoms with E-state index in [0.29, 0.717) is 12.6 Å². The number of hydrogen-bond donors (Lipinski definition) is 1. The van der Waals surface area contributed by atoms with Gasteiger partial charge in [-0.2, -0.15) is 17.5 Å². The van der Waals surface area contributed by atoms with E-state index in [2.05, 4.69) is 4.98 Å². The van der Waals surface area contributed by atoms with Crippen LogP contribution in [-0.4, -0.2) is 36.8 Å². The molecule has 1 aromatic carbocycles. The van der Waals surface area contributed by atoms with Gasteiger partial charge in [-0.15, -0.1) is 0 Å². The van der Waals surface area contributed by atoms with Crippen molar-refractivity contribution in [1.82, 2.24) is 9.29 Å². The predicted octanol–water partition coefficient (Wildman–Crippen LogP) is 1.98. The Morgan fingerprint density at radius 3 is 2.61 bits per heavy atom. The summed E-state index contributed by atoms with van der Waals surface area (Å²) in [4.78, 5) is 3.20. The van der Waals surface area contributed by atoms with Crippen LogP contribution in [0.25, 0.3) is 10.8 Å². The number of fused-ring (bicyclic) bond motifs is 1. The van der Waals surface area contributed by atoms with Crippen LogP contribution in [0, 0.1) is 0 Å². The lowest BCUT2D eigenvalue weighted by Gasteiger charge is -2.19. The molecule has 0 saturated carbocycles. The molecule has 1 aromatic heterocycles. The maximum Gasteiger partial charge on any atom is 0.418 e. The number of sulfonamides is 1. The minimum atomic E-state index is -4.69. The third-order valence-corrected chi connectivity index (χ3v) is 5.76. The first-order chi connectivity index (χ1) is 10.7. The standard InChI is InChI=1S/C14H14F3N3O2S/c15-14(16,17)11-7-19-6-9-2-1-3-12(13(9)11)23(21,22)20-5-4-10(18)8-20/h1-3,6-7,10H,4-5,8,18H2/t10-/m1/s1. The molecule has 124 valence electrons. The lowest BCUT2D eigenvalue weighted by atomic mass is 10.1. The third kappa shape index (κ3) is 2.79. The minimum absolute atomic E-state index is 0.102. The van der Waals surface area contributed by atoms with E-state index in [1.165, 1.54) is 24.4 Å². The van der Waals surface area contributed by atoms with Crippen molar-refractivity contribution in [2.24, 2.45) is 5.73 Å². The van der Waals surface area contributed by atoms with E-state index >= 15 is 0 Å². The molecular formula is C14H14F3N3O2S. The molecule has 0 aliphatic carbocycles. The fraction of sp³-hybridized carbons (Fsp3) is 0.357. The van der Waals surface area contributed by atoms with Crippen molar-refractivity contribution in [3.05, 3.63) is 36.2 Å². The second kappa shape index (κ2) is 5.43. The zero-order valence-corrected chi connectivity index (χ0v) is 12.7. The first-order valence-electron chi connectivity index (χ1n) is 6.91. The molecule has 1 aliphatic rings. The lowest BCUT2D eigenvalue weighted by Crippen LogP contribution is -2.32. The zero-order valence-electron chi connectivity index (χ0n) is 11.9. The van der Waals surface area contributed by atoms with Gasteiger partial charge in [-0.1, -0.05) is 12.1 Å². The van der Waals surface area contributed by atoms with Crippen molar-refractivity contribution >= 4 is 20.8 Å². The Balaban J connectivity index is 2.26. The van der Waals surface area contributed by atoms with Crippen LogP contribution in [0.4, 0.5) is 13.2 Å². The number of nitrogens with zero attached hydrogens (tertiary/aromatic N) is 2. The first-order valence-corrected chi connectivity index (χ1v) is 8.35. The highest BCUT2D eigenvalue weighted by molar-refractivity contribution is 7.89. The van der Waals surface area contributed by atoms with Gasteiger partial charge in [0.2, 0.25) is 10.0 Å². The van der Waals surface area contributed by atoms with Gasteiger partial charge in [0.1, 0.15) is 0 Å². The predicted molar refractivity (Wildman–Crippen MR) is 78.1 cm³/mol. The number of rotatable bonds is 2. The third-order valence-electron chi connectivity index (χ3n) is 3.86. The molecule has 0 spiro atoms. The number of halogens is 3. The van der Waals surface area contributed by atoms with Gasteiger partial charge < -0.3 is 5.73 Å². The average Bonchev–Trinajstić information content (AvgIpc) is 2.92. The Kier molecular flexibility index (Phi) is 3.81. The zero-order chi connectivity index (χ0) is 16.8. The molecule has 3 rings (SSSR count). The van der Waals surface area contributed by atoms with Crippen molar-refractivity contribution in [3.63, 3.8) is 0 Å². The van der Waals surface area contributed by atoms with Crippen molar-refractivity contribution in [2.45, 2.75) is 23.5 Å². The Hall–Kier alpha value is -1.71. The summed E-state index contributed by atoms with van der Waals surface area (Å²) in [6.07, 6.45) is -2.34. The van der Waals surface area contributed by atoms with Gasteiger partial charge in [0.15, 0.2) is 0 Å². The Labute approximate surface area is 131 Å². The molecule has 1 fully saturated rings. The van der Waals surface area contributed by atoms with E-state index in [-0.39, 0.29) is 34.8 Å². The monoisotopic (exact) mass is 345 g/mol. The van der Waals surface area contributed by atoms with Crippen LogP contribution in [0.5, 0.6) is 0 Å². The molecule has 2 heterocycles. The topological polar surface area (TPSA) is 76.3 Å². The molecule has 1 aliphatic heterocycles. The first kappa shape index (κ1) is 16.2. The highest BCUT2D eigenvalue weighted by Gasteiger charge is 2.37. The molecule has 2 aromatic rings. The van der Waals surface area contributed by atoms with Gasteiger partial charge in [-0.3, -0.25) is 4.98 Å². The number of hydrogen-bond acceptors (Lipinski definition) is 4. The molecule has 23 heavy (non-hydrogen) atoms. The van der Waals surface area contributed by atoms with Crippen molar-refractivity contribution < 1.29 is 21.6 Å². The van der Waals surface area contributed by atoms with Crippen molar-refractivity contribution in [2.75, 3.05) is 13.1 Å². The molecule has 0 bridgehead atoms. The molecule has 2 N–H and O–H groups in total. The summed E-state index contributed by atoms with van der Waals surface area (Å²) in [5.74, 6) is 0. The normalized spacial score (nSPS) is 20.3. The summed E-state index contributed by atoms with van der Waals surface area (Å²) < 4.78 is 66.4. The second-order valence-electron chi connectivity index (χ2n) is 5.45. The number of alkyl halides is 3. The molecule has 5 nitrogen and oxygen atoms in total. The van der Waals surface area contributed by atoms with Gasteiger partial charge in [0, 0.05) is 42.3 Å². The fourth-order valence-corrected chi connectivity index (χ4v) is 4.49. The van der Waals surface area contributed by atoms with Crippen LogP contribution >= 0.6 is 0 Å². The van der Waals surface area contributed by atoms with Gasteiger partial charge in [-0.05, 0) is 12.5 Å². The van der Waals surface area contributed by atoms with E-state index in [4.69, 9.17) is 5.73 Å². The largest absolute Gasteiger partial charge is 0.418 e. The second-order valence-corrected chi connectivity index (χ2v) is 7.36. The van der Waals surface area contributed by atoms with Crippen molar-refractivity contribution in [3.8, 4) is 0 Å². The molecule has 0 unspecified atom stereocenters. The van der Waals surface area contributed by atoms with Crippen molar-refractivity contribution in [1.29, 1.82) is 0 Å². The summed E-state index contributed by atoms with van der Waals surface area (Å²) >= 11 is 0. The summed E-state index contributed by atoms with van der Waals surface area (Å²) in [7, 11) is -4.06. The van der Waals surface area contributed by atoms with E-state index < -0.39 is 21.8 Å². The van der Waals surface area contributed by atoms with Gasteiger partial charge in [0.25, 0.3) is 0 Å². The Morgan fingerprint density at radius 1 is 1.26 bits per heavy atom. The van der Waals surface area contributed by atoms with Crippen LogP contribution in [0.3, 0.4) is 0 Å². The van der Waals surface area contributed by atoms with Crippen LogP contribution in [0.2, 0.25) is 0 Å². The lowest BCUT2D eigenvalue weighted by molar-refractivity contribution is -0.136. The maximum atomic E-state index is 13.3. The highest BCUT2D eigenvalue weighted by Crippen LogP contribution is 2.38. The molecule has 0 amide bonds. The molecular weight excluding hydrogens is 331 g/mol. The van der Waals surface area contributed by atoms with Gasteiger partial charge in [-0.25, -0.2) is 8.42 Å². The molecule has 1 saturated heterocycles. The van der Waals surface area contributed by atoms with Crippen LogP contribution in [0.15, 0.2) is 35.5 Å². The van der Waals surface area contributed by atoms with Crippen LogP contribution in [0.1, 0.15) is 12.0 Å². The smallest absolute Gasteiger partial charge is 0.326 e. The van der Waals surface area contributed by atoms with E-state index in [0.717, 1.165) is 4.31 Å². The van der Waals surface area contributed by atoms with E-state index in [1.807, 2.05) is 0 Å². The van der Waals surface area contributed by atoms with E-state index in [1.54, 1.807) is 0 Å². The Morgan fingerprint density at radius 2 is 2.00 bits per heavy atom. The SMILES string of the molecule is N[C@@H]1CCN(S(=O)(=O)c2cccc3cncc(C(F)(F)F)c23)C1. The number of aromatic nitrogens is 1. The number of benzene rings is 1. The van der Waals surface area contributed by atoms with Gasteiger partial charge in [0.05, 0.1) is 10.5 Å². The molecule has 1 atom stereocenters. The Bertz CT molecular complexity index is 847. The van der Waals surface area contributed by atoms with Crippen LogP contribution in [-0.2, 0) is 16.2 Å². The summed E-state index contributed by atoms with van der Waals surface area (Å²) in [5, 5.41) is -0.222. The quantitative estimate of drug-likeness (QED) is 0.903. The van der Waals surface area contributed by atoms with E-state index in [9.17, 15) is 21.6 Å². The maximum absolute atomic E-state index is 13.3. The number of nitrogens with two attached hydrogens (primary N) is 1. The van der Waals surface area contributed by atoms with Gasteiger partial charge >= 0.3 is 6.18 Å². The summed E-state index contributed by atoms with van der Waals surface area (Å²) in [5.41, 5.74) is 4.66. The minimum Gasteiger partial charge on any atom is -0.326 e. The fourth-order valence-electron chi connectivity index (χ4n) is 2.74. The highest BCUT2D eigenvalue weighted by atomic mass is 32.2. The summed E-state index contributed by atoms with van der Waals surface area (Å²) in [6.45, 7) is 0.303. The number of pyridine rings is 1. The molecule has 9 heteroatoms.